The highest BCUT2D eigenvalue weighted by atomic mass is 16.4. The van der Waals surface area contributed by atoms with E-state index in [4.69, 9.17) is 4.98 Å². The minimum absolute atomic E-state index is 0.0586. The Hall–Kier alpha value is -3.35. The molecule has 2 aliphatic rings. The topological polar surface area (TPSA) is 95.7 Å². The number of hydrogen-bond donors (Lipinski definition) is 3. The third-order valence-corrected chi connectivity index (χ3v) is 8.17. The van der Waals surface area contributed by atoms with Gasteiger partial charge in [-0.3, -0.25) is 14.0 Å². The molecule has 2 fully saturated rings. The standard InChI is InChI=1S/C30H38N4O3/c1-20-11-8-9-16-23(20)27-29(31-22-14-6-3-7-15-22)34-18-10-17-24(28(34)33-27)30(37)32-25(19-26(35)36)21-12-4-2-5-13-21/h8-11,16-18,21-22,25,31H,2-7,12-15,19H2,1H3,(H,32,37)(H,35,36). The number of benzene rings is 1. The van der Waals surface area contributed by atoms with Crippen molar-refractivity contribution in [3.8, 4) is 11.3 Å². The van der Waals surface area contributed by atoms with E-state index in [1.807, 2.05) is 28.8 Å². The van der Waals surface area contributed by atoms with Crippen LogP contribution in [0.4, 0.5) is 5.82 Å². The molecule has 0 spiro atoms. The molecule has 0 saturated heterocycles. The molecule has 196 valence electrons. The van der Waals surface area contributed by atoms with Crippen molar-refractivity contribution in [3.63, 3.8) is 0 Å². The van der Waals surface area contributed by atoms with Gasteiger partial charge in [-0.15, -0.1) is 0 Å². The van der Waals surface area contributed by atoms with E-state index in [9.17, 15) is 14.7 Å². The SMILES string of the molecule is Cc1ccccc1-c1nc2c(C(=O)NC(CC(=O)O)C3CCCCC3)cccn2c1NC1CCCCC1. The highest BCUT2D eigenvalue weighted by Gasteiger charge is 2.29. The molecule has 3 aromatic rings. The van der Waals surface area contributed by atoms with E-state index in [0.717, 1.165) is 61.2 Å². The van der Waals surface area contributed by atoms with Crippen LogP contribution in [-0.2, 0) is 4.79 Å². The first kappa shape index (κ1) is 25.3. The van der Waals surface area contributed by atoms with Crippen LogP contribution in [0.3, 0.4) is 0 Å². The number of carbonyl (C=O) groups excluding carboxylic acids is 1. The summed E-state index contributed by atoms with van der Waals surface area (Å²) < 4.78 is 2.00. The van der Waals surface area contributed by atoms with Crippen LogP contribution in [-0.4, -0.2) is 38.5 Å². The van der Waals surface area contributed by atoms with Crippen molar-refractivity contribution in [1.82, 2.24) is 14.7 Å². The van der Waals surface area contributed by atoms with E-state index >= 15 is 0 Å². The number of aromatic nitrogens is 2. The number of carboxylic acids is 1. The fourth-order valence-corrected chi connectivity index (χ4v) is 6.16. The zero-order valence-corrected chi connectivity index (χ0v) is 21.7. The van der Waals surface area contributed by atoms with Crippen molar-refractivity contribution in [2.45, 2.75) is 89.6 Å². The predicted molar refractivity (Wildman–Crippen MR) is 146 cm³/mol. The van der Waals surface area contributed by atoms with Crippen molar-refractivity contribution in [2.24, 2.45) is 5.92 Å². The van der Waals surface area contributed by atoms with Crippen LogP contribution in [0.5, 0.6) is 0 Å². The normalized spacial score (nSPS) is 18.0. The van der Waals surface area contributed by atoms with Crippen LogP contribution in [0, 0.1) is 12.8 Å². The van der Waals surface area contributed by atoms with Crippen molar-refractivity contribution in [1.29, 1.82) is 0 Å². The number of aliphatic carboxylic acids is 1. The molecule has 0 aliphatic heterocycles. The molecule has 37 heavy (non-hydrogen) atoms. The first-order valence-electron chi connectivity index (χ1n) is 13.9. The molecular formula is C30H38N4O3. The quantitative estimate of drug-likeness (QED) is 0.340. The van der Waals surface area contributed by atoms with Gasteiger partial charge in [0.1, 0.15) is 11.5 Å². The van der Waals surface area contributed by atoms with Crippen molar-refractivity contribution >= 4 is 23.3 Å². The average Bonchev–Trinajstić information content (AvgIpc) is 3.27. The molecule has 1 unspecified atom stereocenters. The minimum atomic E-state index is -0.879. The molecule has 1 amide bonds. The molecule has 3 N–H and O–H groups in total. The molecule has 2 aliphatic carbocycles. The molecule has 5 rings (SSSR count). The van der Waals surface area contributed by atoms with Gasteiger partial charge in [0.15, 0.2) is 5.65 Å². The number of carboxylic acid groups (broad SMARTS) is 1. The molecule has 7 nitrogen and oxygen atoms in total. The zero-order chi connectivity index (χ0) is 25.8. The van der Waals surface area contributed by atoms with Gasteiger partial charge >= 0.3 is 5.97 Å². The Morgan fingerprint density at radius 1 is 1.00 bits per heavy atom. The maximum absolute atomic E-state index is 13.6. The highest BCUT2D eigenvalue weighted by molar-refractivity contribution is 6.01. The van der Waals surface area contributed by atoms with E-state index in [-0.39, 0.29) is 24.3 Å². The summed E-state index contributed by atoms with van der Waals surface area (Å²) in [5.74, 6) is -0.0248. The summed E-state index contributed by atoms with van der Waals surface area (Å²) in [7, 11) is 0. The monoisotopic (exact) mass is 502 g/mol. The largest absolute Gasteiger partial charge is 0.481 e. The number of rotatable bonds is 8. The summed E-state index contributed by atoms with van der Waals surface area (Å²) in [5.41, 5.74) is 4.08. The van der Waals surface area contributed by atoms with Crippen LogP contribution in [0.25, 0.3) is 16.9 Å². The molecule has 2 saturated carbocycles. The minimum Gasteiger partial charge on any atom is -0.481 e. The highest BCUT2D eigenvalue weighted by Crippen LogP contribution is 2.34. The van der Waals surface area contributed by atoms with Crippen molar-refractivity contribution in [3.05, 3.63) is 53.7 Å². The first-order chi connectivity index (χ1) is 18.0. The van der Waals surface area contributed by atoms with Gasteiger partial charge in [0.05, 0.1) is 12.0 Å². The van der Waals surface area contributed by atoms with Crippen molar-refractivity contribution in [2.75, 3.05) is 5.32 Å². The Kier molecular flexibility index (Phi) is 7.77. The molecule has 1 aromatic carbocycles. The number of hydrogen-bond acceptors (Lipinski definition) is 4. The van der Waals surface area contributed by atoms with Crippen LogP contribution >= 0.6 is 0 Å². The summed E-state index contributed by atoms with van der Waals surface area (Å²) in [6, 6.07) is 11.9. The van der Waals surface area contributed by atoms with E-state index in [2.05, 4.69) is 29.7 Å². The second kappa shape index (κ2) is 11.4. The Labute approximate surface area is 218 Å². The third kappa shape index (κ3) is 5.65. The van der Waals surface area contributed by atoms with Crippen LogP contribution in [0.1, 0.15) is 86.6 Å². The van der Waals surface area contributed by atoms with Gasteiger partial charge < -0.3 is 15.7 Å². The van der Waals surface area contributed by atoms with Gasteiger partial charge in [0.25, 0.3) is 5.91 Å². The second-order valence-electron chi connectivity index (χ2n) is 10.8. The number of fused-ring (bicyclic) bond motifs is 1. The molecule has 0 radical (unpaired) electrons. The van der Waals surface area contributed by atoms with Gasteiger partial charge in [0, 0.05) is 23.8 Å². The molecule has 7 heteroatoms. The Morgan fingerprint density at radius 3 is 2.41 bits per heavy atom. The Bertz CT molecular complexity index is 1250. The Morgan fingerprint density at radius 2 is 1.70 bits per heavy atom. The lowest BCUT2D eigenvalue weighted by molar-refractivity contribution is -0.137. The molecule has 2 heterocycles. The summed E-state index contributed by atoms with van der Waals surface area (Å²) in [4.78, 5) is 30.3. The predicted octanol–water partition coefficient (Wildman–Crippen LogP) is 6.21. The van der Waals surface area contributed by atoms with Crippen LogP contribution < -0.4 is 10.6 Å². The number of pyridine rings is 1. The van der Waals surface area contributed by atoms with Gasteiger partial charge in [-0.2, -0.15) is 0 Å². The maximum Gasteiger partial charge on any atom is 0.305 e. The maximum atomic E-state index is 13.6. The number of anilines is 1. The molecular weight excluding hydrogens is 464 g/mol. The number of nitrogens with zero attached hydrogens (tertiary/aromatic N) is 2. The summed E-state index contributed by atoms with van der Waals surface area (Å²) >= 11 is 0. The number of aryl methyl sites for hydroxylation is 1. The fourth-order valence-electron chi connectivity index (χ4n) is 6.16. The molecule has 1 atom stereocenters. The van der Waals surface area contributed by atoms with Crippen LogP contribution in [0.15, 0.2) is 42.6 Å². The molecule has 2 aromatic heterocycles. The first-order valence-corrected chi connectivity index (χ1v) is 13.9. The van der Waals surface area contributed by atoms with Gasteiger partial charge in [-0.25, -0.2) is 4.98 Å². The van der Waals surface area contributed by atoms with Gasteiger partial charge in [-0.1, -0.05) is 62.8 Å². The number of amides is 1. The fraction of sp³-hybridized carbons (Fsp3) is 0.500. The average molecular weight is 503 g/mol. The second-order valence-corrected chi connectivity index (χ2v) is 10.8. The summed E-state index contributed by atoms with van der Waals surface area (Å²) in [6.45, 7) is 2.08. The van der Waals surface area contributed by atoms with E-state index < -0.39 is 5.97 Å². The third-order valence-electron chi connectivity index (χ3n) is 8.17. The van der Waals surface area contributed by atoms with Gasteiger partial charge in [0.2, 0.25) is 0 Å². The number of imidazole rings is 1. The Balaban J connectivity index is 1.52. The van der Waals surface area contributed by atoms with Crippen LogP contribution in [0.2, 0.25) is 0 Å². The number of carbonyl (C=O) groups is 2. The summed E-state index contributed by atoms with van der Waals surface area (Å²) in [6.07, 6.45) is 13.1. The molecule has 0 bridgehead atoms. The summed E-state index contributed by atoms with van der Waals surface area (Å²) in [5, 5.41) is 16.4. The van der Waals surface area contributed by atoms with E-state index in [1.165, 1.54) is 25.7 Å². The zero-order valence-electron chi connectivity index (χ0n) is 21.7. The smallest absolute Gasteiger partial charge is 0.305 e. The lowest BCUT2D eigenvalue weighted by Gasteiger charge is -2.30. The van der Waals surface area contributed by atoms with E-state index in [0.29, 0.717) is 17.3 Å². The van der Waals surface area contributed by atoms with Crippen molar-refractivity contribution < 1.29 is 14.7 Å². The lowest BCUT2D eigenvalue weighted by Crippen LogP contribution is -2.42. The lowest BCUT2D eigenvalue weighted by atomic mass is 9.82. The van der Waals surface area contributed by atoms with E-state index in [1.54, 1.807) is 6.07 Å². The number of nitrogens with one attached hydrogen (secondary N) is 2. The van der Waals surface area contributed by atoms with Gasteiger partial charge in [-0.05, 0) is 56.2 Å².